The zero-order chi connectivity index (χ0) is 11.4. The van der Waals surface area contributed by atoms with E-state index in [1.165, 1.54) is 0 Å². The molecule has 0 saturated heterocycles. The van der Waals surface area contributed by atoms with E-state index in [9.17, 15) is 0 Å². The van der Waals surface area contributed by atoms with Crippen LogP contribution in [0.2, 0.25) is 0 Å². The molecule has 0 aliphatic carbocycles. The number of hydrogen-bond donors (Lipinski definition) is 1. The number of unbranched alkanes of at least 4 members (excludes halogenated alkanes) is 1. The van der Waals surface area contributed by atoms with Crippen LogP contribution >= 0.6 is 0 Å². The van der Waals surface area contributed by atoms with Crippen LogP contribution in [0.4, 0.5) is 0 Å². The van der Waals surface area contributed by atoms with Crippen LogP contribution in [-0.4, -0.2) is 10.1 Å². The second-order valence-electron chi connectivity index (χ2n) is 3.72. The van der Waals surface area contributed by atoms with Crippen molar-refractivity contribution in [2.45, 2.75) is 32.2 Å². The number of furan rings is 1. The van der Waals surface area contributed by atoms with Crippen molar-refractivity contribution in [2.75, 3.05) is 0 Å². The predicted octanol–water partition coefficient (Wildman–Crippen LogP) is 2.52. The van der Waals surface area contributed by atoms with E-state index in [2.05, 4.69) is 17.1 Å². The SMILES string of the molecule is CCCC[C@H](N)c1nc(-c2ccoc2)no1. The molecule has 0 aliphatic rings. The maximum Gasteiger partial charge on any atom is 0.243 e. The van der Waals surface area contributed by atoms with E-state index < -0.39 is 0 Å². The van der Waals surface area contributed by atoms with Gasteiger partial charge in [0.05, 0.1) is 17.9 Å². The molecule has 2 N–H and O–H groups in total. The van der Waals surface area contributed by atoms with E-state index >= 15 is 0 Å². The summed E-state index contributed by atoms with van der Waals surface area (Å²) in [5.74, 6) is 1.01. The fourth-order valence-electron chi connectivity index (χ4n) is 1.44. The highest BCUT2D eigenvalue weighted by Gasteiger charge is 2.15. The minimum absolute atomic E-state index is 0.173. The van der Waals surface area contributed by atoms with Gasteiger partial charge in [0.15, 0.2) is 0 Å². The van der Waals surface area contributed by atoms with E-state index in [4.69, 9.17) is 14.7 Å². The molecule has 1 atom stereocenters. The lowest BCUT2D eigenvalue weighted by Crippen LogP contribution is -2.10. The lowest BCUT2D eigenvalue weighted by Gasteiger charge is -2.03. The standard InChI is InChI=1S/C11H15N3O2/c1-2-3-4-9(12)11-13-10(14-16-11)8-5-6-15-7-8/h5-7,9H,2-4,12H2,1H3/t9-/m0/s1. The van der Waals surface area contributed by atoms with Gasteiger partial charge < -0.3 is 14.7 Å². The van der Waals surface area contributed by atoms with Gasteiger partial charge in [-0.15, -0.1) is 0 Å². The molecule has 0 aromatic carbocycles. The van der Waals surface area contributed by atoms with Gasteiger partial charge in [-0.2, -0.15) is 4.98 Å². The molecule has 0 bridgehead atoms. The first kappa shape index (κ1) is 10.9. The molecule has 0 radical (unpaired) electrons. The Kier molecular flexibility index (Phi) is 3.36. The first-order valence-corrected chi connectivity index (χ1v) is 5.43. The summed E-state index contributed by atoms with van der Waals surface area (Å²) in [7, 11) is 0. The van der Waals surface area contributed by atoms with Crippen LogP contribution in [-0.2, 0) is 0 Å². The van der Waals surface area contributed by atoms with Crippen molar-refractivity contribution in [3.05, 3.63) is 24.5 Å². The number of aromatic nitrogens is 2. The van der Waals surface area contributed by atoms with Crippen LogP contribution in [0.1, 0.15) is 38.1 Å². The molecular weight excluding hydrogens is 206 g/mol. The predicted molar refractivity (Wildman–Crippen MR) is 58.5 cm³/mol. The zero-order valence-electron chi connectivity index (χ0n) is 9.22. The molecule has 0 aliphatic heterocycles. The minimum Gasteiger partial charge on any atom is -0.472 e. The number of hydrogen-bond acceptors (Lipinski definition) is 5. The summed E-state index contributed by atoms with van der Waals surface area (Å²) >= 11 is 0. The number of nitrogens with zero attached hydrogens (tertiary/aromatic N) is 2. The Balaban J connectivity index is 2.07. The molecule has 2 rings (SSSR count). The fraction of sp³-hybridized carbons (Fsp3) is 0.455. The molecule has 0 spiro atoms. The summed E-state index contributed by atoms with van der Waals surface area (Å²) in [6, 6.07) is 1.61. The van der Waals surface area contributed by atoms with Gasteiger partial charge >= 0.3 is 0 Å². The summed E-state index contributed by atoms with van der Waals surface area (Å²) in [5.41, 5.74) is 6.73. The molecule has 0 amide bonds. The van der Waals surface area contributed by atoms with E-state index in [1.54, 1.807) is 18.6 Å². The normalized spacial score (nSPS) is 12.9. The van der Waals surface area contributed by atoms with Crippen molar-refractivity contribution in [3.63, 3.8) is 0 Å². The van der Waals surface area contributed by atoms with Crippen LogP contribution in [0.3, 0.4) is 0 Å². The minimum atomic E-state index is -0.173. The van der Waals surface area contributed by atoms with Crippen molar-refractivity contribution < 1.29 is 8.94 Å². The third kappa shape index (κ3) is 2.30. The molecule has 2 aromatic rings. The quantitative estimate of drug-likeness (QED) is 0.839. The van der Waals surface area contributed by atoms with Crippen LogP contribution in [0.25, 0.3) is 11.4 Å². The van der Waals surface area contributed by atoms with Gasteiger partial charge in [0.1, 0.15) is 6.26 Å². The smallest absolute Gasteiger partial charge is 0.243 e. The first-order valence-electron chi connectivity index (χ1n) is 5.43. The molecule has 86 valence electrons. The Morgan fingerprint density at radius 2 is 2.38 bits per heavy atom. The summed E-state index contributed by atoms with van der Waals surface area (Å²) in [6.45, 7) is 2.12. The van der Waals surface area contributed by atoms with Crippen LogP contribution in [0, 0.1) is 0 Å². The molecule has 0 saturated carbocycles. The Labute approximate surface area is 93.6 Å². The molecule has 5 heteroatoms. The summed E-state index contributed by atoms with van der Waals surface area (Å²) < 4.78 is 10.1. The van der Waals surface area contributed by atoms with Crippen molar-refractivity contribution in [1.29, 1.82) is 0 Å². The Morgan fingerprint density at radius 3 is 3.06 bits per heavy atom. The summed E-state index contributed by atoms with van der Waals surface area (Å²) in [5, 5.41) is 3.86. The maximum absolute atomic E-state index is 5.93. The van der Waals surface area contributed by atoms with Crippen molar-refractivity contribution >= 4 is 0 Å². The van der Waals surface area contributed by atoms with Gasteiger partial charge in [0, 0.05) is 0 Å². The van der Waals surface area contributed by atoms with Crippen LogP contribution in [0.15, 0.2) is 27.5 Å². The molecule has 5 nitrogen and oxygen atoms in total. The average Bonchev–Trinajstić information content (AvgIpc) is 2.94. The summed E-state index contributed by atoms with van der Waals surface area (Å²) in [4.78, 5) is 4.24. The van der Waals surface area contributed by atoms with Crippen molar-refractivity contribution in [1.82, 2.24) is 10.1 Å². The molecule has 2 aromatic heterocycles. The topological polar surface area (TPSA) is 78.1 Å². The monoisotopic (exact) mass is 221 g/mol. The van der Waals surface area contributed by atoms with E-state index in [0.29, 0.717) is 11.7 Å². The second kappa shape index (κ2) is 4.94. The van der Waals surface area contributed by atoms with E-state index in [0.717, 1.165) is 24.8 Å². The zero-order valence-corrected chi connectivity index (χ0v) is 9.22. The largest absolute Gasteiger partial charge is 0.472 e. The number of rotatable bonds is 5. The second-order valence-corrected chi connectivity index (χ2v) is 3.72. The summed E-state index contributed by atoms with van der Waals surface area (Å²) in [6.07, 6.45) is 6.18. The molecule has 0 unspecified atom stereocenters. The lowest BCUT2D eigenvalue weighted by molar-refractivity contribution is 0.346. The van der Waals surface area contributed by atoms with Crippen molar-refractivity contribution in [3.8, 4) is 11.4 Å². The van der Waals surface area contributed by atoms with Crippen molar-refractivity contribution in [2.24, 2.45) is 5.73 Å². The fourth-order valence-corrected chi connectivity index (χ4v) is 1.44. The Hall–Kier alpha value is -1.62. The highest BCUT2D eigenvalue weighted by Crippen LogP contribution is 2.20. The highest BCUT2D eigenvalue weighted by molar-refractivity contribution is 5.51. The number of nitrogens with two attached hydrogens (primary N) is 1. The third-order valence-corrected chi connectivity index (χ3v) is 2.41. The first-order chi connectivity index (χ1) is 7.81. The molecule has 0 fully saturated rings. The van der Waals surface area contributed by atoms with Gasteiger partial charge in [-0.1, -0.05) is 24.9 Å². The lowest BCUT2D eigenvalue weighted by atomic mass is 10.1. The van der Waals surface area contributed by atoms with Crippen LogP contribution < -0.4 is 5.73 Å². The van der Waals surface area contributed by atoms with Crippen LogP contribution in [0.5, 0.6) is 0 Å². The highest BCUT2D eigenvalue weighted by atomic mass is 16.5. The third-order valence-electron chi connectivity index (χ3n) is 2.41. The molecule has 2 heterocycles. The Morgan fingerprint density at radius 1 is 1.50 bits per heavy atom. The Bertz CT molecular complexity index is 422. The molecular formula is C11H15N3O2. The molecule has 16 heavy (non-hydrogen) atoms. The van der Waals surface area contributed by atoms with E-state index in [-0.39, 0.29) is 6.04 Å². The van der Waals surface area contributed by atoms with Gasteiger partial charge in [0.25, 0.3) is 0 Å². The van der Waals surface area contributed by atoms with Gasteiger partial charge in [-0.3, -0.25) is 0 Å². The van der Waals surface area contributed by atoms with Gasteiger partial charge in [-0.05, 0) is 12.5 Å². The van der Waals surface area contributed by atoms with Gasteiger partial charge in [0.2, 0.25) is 11.7 Å². The average molecular weight is 221 g/mol. The van der Waals surface area contributed by atoms with E-state index in [1.807, 2.05) is 0 Å². The maximum atomic E-state index is 5.93. The van der Waals surface area contributed by atoms with Gasteiger partial charge in [-0.25, -0.2) is 0 Å².